The molecule has 1 atom stereocenters. The van der Waals surface area contributed by atoms with Crippen molar-refractivity contribution < 1.29 is 4.92 Å². The largest absolute Gasteiger partial charge is 0.360 e. The van der Waals surface area contributed by atoms with Gasteiger partial charge in [-0.15, -0.1) is 10.2 Å². The van der Waals surface area contributed by atoms with Crippen molar-refractivity contribution in [1.29, 1.82) is 0 Å². The fourth-order valence-electron chi connectivity index (χ4n) is 1.79. The van der Waals surface area contributed by atoms with Crippen LogP contribution in [0.1, 0.15) is 24.4 Å². The van der Waals surface area contributed by atoms with Crippen LogP contribution < -0.4 is 5.32 Å². The molecular formula is C11H14N6O2. The van der Waals surface area contributed by atoms with E-state index in [1.807, 2.05) is 14.0 Å². The monoisotopic (exact) mass is 262 g/mol. The van der Waals surface area contributed by atoms with Crippen LogP contribution in [0.25, 0.3) is 0 Å². The van der Waals surface area contributed by atoms with Crippen molar-refractivity contribution in [3.05, 3.63) is 40.1 Å². The highest BCUT2D eigenvalue weighted by Gasteiger charge is 2.15. The Morgan fingerprint density at radius 3 is 2.79 bits per heavy atom. The van der Waals surface area contributed by atoms with Crippen LogP contribution in [0.2, 0.25) is 0 Å². The van der Waals surface area contributed by atoms with E-state index in [0.29, 0.717) is 11.4 Å². The number of aromatic nitrogens is 4. The summed E-state index contributed by atoms with van der Waals surface area (Å²) >= 11 is 0. The van der Waals surface area contributed by atoms with Crippen LogP contribution in [-0.2, 0) is 7.05 Å². The number of nitro groups is 1. The normalized spacial score (nSPS) is 12.2. The van der Waals surface area contributed by atoms with Gasteiger partial charge in [-0.05, 0) is 19.9 Å². The number of nitrogens with one attached hydrogen (secondary N) is 1. The molecule has 100 valence electrons. The molecule has 0 saturated heterocycles. The number of pyridine rings is 1. The lowest BCUT2D eigenvalue weighted by atomic mass is 10.2. The van der Waals surface area contributed by atoms with E-state index in [4.69, 9.17) is 0 Å². The third kappa shape index (κ3) is 2.67. The van der Waals surface area contributed by atoms with E-state index in [2.05, 4.69) is 20.5 Å². The third-order valence-electron chi connectivity index (χ3n) is 2.78. The Hall–Kier alpha value is -2.51. The van der Waals surface area contributed by atoms with Gasteiger partial charge in [0.15, 0.2) is 5.82 Å². The van der Waals surface area contributed by atoms with Gasteiger partial charge in [0, 0.05) is 12.6 Å². The summed E-state index contributed by atoms with van der Waals surface area (Å²) in [7, 11) is 1.85. The van der Waals surface area contributed by atoms with Crippen LogP contribution in [0.5, 0.6) is 0 Å². The SMILES string of the molecule is Cc1cc(NC(C)c2nncn2C)ncc1[N+](=O)[O-]. The average Bonchev–Trinajstić information content (AvgIpc) is 2.75. The molecule has 0 aliphatic carbocycles. The van der Waals surface area contributed by atoms with Gasteiger partial charge in [-0.1, -0.05) is 0 Å². The maximum Gasteiger partial charge on any atom is 0.290 e. The van der Waals surface area contributed by atoms with E-state index in [1.54, 1.807) is 23.9 Å². The molecule has 8 heteroatoms. The van der Waals surface area contributed by atoms with Crippen molar-refractivity contribution in [2.75, 3.05) is 5.32 Å². The van der Waals surface area contributed by atoms with Crippen molar-refractivity contribution in [3.63, 3.8) is 0 Å². The fourth-order valence-corrected chi connectivity index (χ4v) is 1.79. The lowest BCUT2D eigenvalue weighted by molar-refractivity contribution is -0.385. The molecule has 0 bridgehead atoms. The Kier molecular flexibility index (Phi) is 3.41. The molecule has 0 amide bonds. The second-order valence-corrected chi connectivity index (χ2v) is 4.28. The molecule has 0 aliphatic rings. The molecule has 0 saturated carbocycles. The van der Waals surface area contributed by atoms with Crippen molar-refractivity contribution in [2.45, 2.75) is 19.9 Å². The van der Waals surface area contributed by atoms with Gasteiger partial charge in [-0.3, -0.25) is 10.1 Å². The molecule has 2 heterocycles. The van der Waals surface area contributed by atoms with Gasteiger partial charge in [-0.2, -0.15) is 0 Å². The molecule has 2 rings (SSSR count). The molecule has 0 fully saturated rings. The molecule has 0 radical (unpaired) electrons. The van der Waals surface area contributed by atoms with Crippen molar-refractivity contribution in [1.82, 2.24) is 19.7 Å². The van der Waals surface area contributed by atoms with Gasteiger partial charge in [0.05, 0.1) is 11.0 Å². The molecule has 0 spiro atoms. The molecule has 2 aromatic rings. The van der Waals surface area contributed by atoms with E-state index < -0.39 is 4.92 Å². The minimum Gasteiger partial charge on any atom is -0.360 e. The van der Waals surface area contributed by atoms with Gasteiger partial charge >= 0.3 is 0 Å². The standard InChI is InChI=1S/C11H14N6O2/c1-7-4-10(12-5-9(7)17(18)19)14-8(2)11-15-13-6-16(11)3/h4-6,8H,1-3H3,(H,12,14). The van der Waals surface area contributed by atoms with E-state index in [0.717, 1.165) is 5.82 Å². The first-order valence-corrected chi connectivity index (χ1v) is 5.70. The summed E-state index contributed by atoms with van der Waals surface area (Å²) in [6, 6.07) is 1.55. The van der Waals surface area contributed by atoms with E-state index in [-0.39, 0.29) is 11.7 Å². The van der Waals surface area contributed by atoms with Gasteiger partial charge < -0.3 is 9.88 Å². The molecule has 1 N–H and O–H groups in total. The second kappa shape index (κ2) is 5.01. The molecule has 19 heavy (non-hydrogen) atoms. The average molecular weight is 262 g/mol. The molecule has 0 aromatic carbocycles. The van der Waals surface area contributed by atoms with Crippen LogP contribution >= 0.6 is 0 Å². The zero-order valence-corrected chi connectivity index (χ0v) is 10.9. The van der Waals surface area contributed by atoms with Crippen LogP contribution in [0, 0.1) is 17.0 Å². The van der Waals surface area contributed by atoms with Crippen molar-refractivity contribution in [2.24, 2.45) is 7.05 Å². The predicted molar refractivity (Wildman–Crippen MR) is 68.7 cm³/mol. The second-order valence-electron chi connectivity index (χ2n) is 4.28. The van der Waals surface area contributed by atoms with Gasteiger partial charge in [0.2, 0.25) is 0 Å². The van der Waals surface area contributed by atoms with Gasteiger partial charge in [0.1, 0.15) is 18.3 Å². The number of aryl methyl sites for hydroxylation is 2. The lowest BCUT2D eigenvalue weighted by Gasteiger charge is -2.13. The Labute approximate surface area is 109 Å². The molecule has 2 aromatic heterocycles. The number of rotatable bonds is 4. The first-order chi connectivity index (χ1) is 8.99. The maximum absolute atomic E-state index is 10.7. The van der Waals surface area contributed by atoms with Crippen LogP contribution in [0.4, 0.5) is 11.5 Å². The minimum atomic E-state index is -0.446. The topological polar surface area (TPSA) is 98.8 Å². The van der Waals surface area contributed by atoms with Crippen LogP contribution in [0.3, 0.4) is 0 Å². The summed E-state index contributed by atoms with van der Waals surface area (Å²) < 4.78 is 1.80. The summed E-state index contributed by atoms with van der Waals surface area (Å²) in [6.45, 7) is 3.60. The Morgan fingerprint density at radius 1 is 1.53 bits per heavy atom. The quantitative estimate of drug-likeness (QED) is 0.663. The van der Waals surface area contributed by atoms with E-state index in [9.17, 15) is 10.1 Å². The van der Waals surface area contributed by atoms with Crippen molar-refractivity contribution in [3.8, 4) is 0 Å². The summed E-state index contributed by atoms with van der Waals surface area (Å²) in [4.78, 5) is 14.3. The summed E-state index contributed by atoms with van der Waals surface area (Å²) in [5, 5.41) is 21.6. The first kappa shape index (κ1) is 12.9. The Bertz CT molecular complexity index is 609. The summed E-state index contributed by atoms with van der Waals surface area (Å²) in [6.07, 6.45) is 2.86. The number of anilines is 1. The fraction of sp³-hybridized carbons (Fsp3) is 0.364. The van der Waals surface area contributed by atoms with Crippen LogP contribution in [-0.4, -0.2) is 24.7 Å². The number of hydrogen-bond acceptors (Lipinski definition) is 6. The Balaban J connectivity index is 2.18. The van der Waals surface area contributed by atoms with Crippen molar-refractivity contribution >= 4 is 11.5 Å². The third-order valence-corrected chi connectivity index (χ3v) is 2.78. The lowest BCUT2D eigenvalue weighted by Crippen LogP contribution is -2.13. The zero-order valence-electron chi connectivity index (χ0n) is 10.9. The highest BCUT2D eigenvalue weighted by molar-refractivity contribution is 5.47. The summed E-state index contributed by atoms with van der Waals surface area (Å²) in [5.74, 6) is 1.33. The number of hydrogen-bond donors (Lipinski definition) is 1. The number of nitrogens with zero attached hydrogens (tertiary/aromatic N) is 5. The molecule has 0 aliphatic heterocycles. The highest BCUT2D eigenvalue weighted by Crippen LogP contribution is 2.21. The zero-order chi connectivity index (χ0) is 14.0. The molecule has 8 nitrogen and oxygen atoms in total. The minimum absolute atomic E-state index is 0.0110. The van der Waals surface area contributed by atoms with Gasteiger partial charge in [-0.25, -0.2) is 4.98 Å². The predicted octanol–water partition coefficient (Wildman–Crippen LogP) is 1.60. The van der Waals surface area contributed by atoms with E-state index in [1.165, 1.54) is 6.20 Å². The smallest absolute Gasteiger partial charge is 0.290 e. The molecule has 1 unspecified atom stereocenters. The Morgan fingerprint density at radius 2 is 2.26 bits per heavy atom. The van der Waals surface area contributed by atoms with Crippen LogP contribution in [0.15, 0.2) is 18.6 Å². The highest BCUT2D eigenvalue weighted by atomic mass is 16.6. The van der Waals surface area contributed by atoms with E-state index >= 15 is 0 Å². The summed E-state index contributed by atoms with van der Waals surface area (Å²) in [5.41, 5.74) is 0.574. The maximum atomic E-state index is 10.7. The molecular weight excluding hydrogens is 248 g/mol. The first-order valence-electron chi connectivity index (χ1n) is 5.70. The van der Waals surface area contributed by atoms with Gasteiger partial charge in [0.25, 0.3) is 5.69 Å².